The number of rotatable bonds is 4. The van der Waals surface area contributed by atoms with Gasteiger partial charge in [-0.1, -0.05) is 12.1 Å². The second-order valence-electron chi connectivity index (χ2n) is 4.96. The number of amides is 1. The van der Waals surface area contributed by atoms with Gasteiger partial charge in [0.2, 0.25) is 5.91 Å². The first-order valence-electron chi connectivity index (χ1n) is 6.35. The lowest BCUT2D eigenvalue weighted by molar-refractivity contribution is -0.147. The third-order valence-electron chi connectivity index (χ3n) is 3.48. The van der Waals surface area contributed by atoms with Crippen molar-refractivity contribution < 1.29 is 19.1 Å². The van der Waals surface area contributed by atoms with Gasteiger partial charge in [0.25, 0.3) is 0 Å². The first-order valence-corrected chi connectivity index (χ1v) is 6.35. The molecule has 0 aliphatic carbocycles. The highest BCUT2D eigenvalue weighted by atomic mass is 16.4. The van der Waals surface area contributed by atoms with E-state index in [1.54, 1.807) is 6.26 Å². The molecule has 0 spiro atoms. The second-order valence-corrected chi connectivity index (χ2v) is 4.96. The molecule has 0 radical (unpaired) electrons. The van der Waals surface area contributed by atoms with Crippen LogP contribution in [-0.2, 0) is 16.0 Å². The fraction of sp³-hybridized carbons (Fsp3) is 0.333. The number of hydrogen-bond acceptors (Lipinski definition) is 3. The monoisotopic (exact) mass is 275 g/mol. The van der Waals surface area contributed by atoms with Crippen molar-refractivity contribution in [3.63, 3.8) is 0 Å². The van der Waals surface area contributed by atoms with Gasteiger partial charge in [-0.15, -0.1) is 0 Å². The zero-order valence-electron chi connectivity index (χ0n) is 11.7. The van der Waals surface area contributed by atoms with E-state index in [1.165, 1.54) is 18.9 Å². The minimum atomic E-state index is -1.02. The van der Waals surface area contributed by atoms with Crippen LogP contribution >= 0.6 is 0 Å². The molecule has 0 bridgehead atoms. The van der Waals surface area contributed by atoms with E-state index < -0.39 is 12.0 Å². The number of hydrogen-bond donors (Lipinski definition) is 1. The molecule has 1 atom stereocenters. The number of benzene rings is 1. The van der Waals surface area contributed by atoms with Crippen LogP contribution in [0.2, 0.25) is 0 Å². The highest BCUT2D eigenvalue weighted by molar-refractivity contribution is 5.89. The summed E-state index contributed by atoms with van der Waals surface area (Å²) in [6.45, 7) is 3.45. The average molecular weight is 275 g/mol. The Morgan fingerprint density at radius 1 is 1.40 bits per heavy atom. The Bertz CT molecular complexity index is 659. The molecular weight excluding hydrogens is 258 g/mol. The highest BCUT2D eigenvalue weighted by Crippen LogP contribution is 2.23. The lowest BCUT2D eigenvalue weighted by Gasteiger charge is -2.21. The zero-order valence-corrected chi connectivity index (χ0v) is 11.7. The zero-order chi connectivity index (χ0) is 14.9. The van der Waals surface area contributed by atoms with Gasteiger partial charge in [0.15, 0.2) is 0 Å². The molecule has 2 aromatic rings. The molecule has 1 N–H and O–H groups in total. The van der Waals surface area contributed by atoms with Gasteiger partial charge in [-0.3, -0.25) is 4.79 Å². The Balaban J connectivity index is 2.20. The van der Waals surface area contributed by atoms with Gasteiger partial charge in [0.1, 0.15) is 11.6 Å². The third-order valence-corrected chi connectivity index (χ3v) is 3.48. The van der Waals surface area contributed by atoms with Gasteiger partial charge in [-0.05, 0) is 25.5 Å². The van der Waals surface area contributed by atoms with Gasteiger partial charge < -0.3 is 14.4 Å². The SMILES string of the molecule is Cc1ccc2c(CC(=O)N(C)C(C)C(=O)O)coc2c1. The minimum absolute atomic E-state index is 0.129. The minimum Gasteiger partial charge on any atom is -0.480 e. The summed E-state index contributed by atoms with van der Waals surface area (Å²) in [6.07, 6.45) is 1.69. The first-order chi connectivity index (χ1) is 9.40. The Morgan fingerprint density at radius 2 is 2.10 bits per heavy atom. The predicted octanol–water partition coefficient (Wildman–Crippen LogP) is 2.22. The Hall–Kier alpha value is -2.30. The van der Waals surface area contributed by atoms with Crippen LogP contribution in [-0.4, -0.2) is 35.0 Å². The number of nitrogens with zero attached hydrogens (tertiary/aromatic N) is 1. The Kier molecular flexibility index (Phi) is 3.79. The molecule has 2 rings (SSSR count). The van der Waals surface area contributed by atoms with E-state index in [1.807, 2.05) is 25.1 Å². The van der Waals surface area contributed by atoms with Gasteiger partial charge in [0, 0.05) is 18.0 Å². The van der Waals surface area contributed by atoms with E-state index in [-0.39, 0.29) is 12.3 Å². The van der Waals surface area contributed by atoms with Crippen molar-refractivity contribution in [2.24, 2.45) is 0 Å². The first kappa shape index (κ1) is 14.1. The van der Waals surface area contributed by atoms with Gasteiger partial charge >= 0.3 is 5.97 Å². The van der Waals surface area contributed by atoms with Gasteiger partial charge in [-0.2, -0.15) is 0 Å². The summed E-state index contributed by atoms with van der Waals surface area (Å²) in [7, 11) is 1.49. The van der Waals surface area contributed by atoms with Gasteiger partial charge in [-0.25, -0.2) is 4.79 Å². The van der Waals surface area contributed by atoms with Crippen LogP contribution in [0.25, 0.3) is 11.0 Å². The summed E-state index contributed by atoms with van der Waals surface area (Å²) in [5.74, 6) is -1.27. The van der Waals surface area contributed by atoms with E-state index >= 15 is 0 Å². The predicted molar refractivity (Wildman–Crippen MR) is 74.5 cm³/mol. The van der Waals surface area contributed by atoms with Crippen molar-refractivity contribution in [2.75, 3.05) is 7.05 Å². The molecule has 1 unspecified atom stereocenters. The molecule has 0 aliphatic heterocycles. The lowest BCUT2D eigenvalue weighted by atomic mass is 10.1. The summed E-state index contributed by atoms with van der Waals surface area (Å²) in [5, 5.41) is 9.81. The standard InChI is InChI=1S/C15H17NO4/c1-9-4-5-12-11(8-20-13(12)6-9)7-14(17)16(3)10(2)15(18)19/h4-6,8,10H,7H2,1-3H3,(H,18,19). The van der Waals surface area contributed by atoms with E-state index in [2.05, 4.69) is 0 Å². The summed E-state index contributed by atoms with van der Waals surface area (Å²) >= 11 is 0. The molecule has 5 nitrogen and oxygen atoms in total. The topological polar surface area (TPSA) is 70.8 Å². The van der Waals surface area contributed by atoms with Crippen LogP contribution in [0.4, 0.5) is 0 Å². The smallest absolute Gasteiger partial charge is 0.326 e. The van der Waals surface area contributed by atoms with Gasteiger partial charge in [0.05, 0.1) is 12.7 Å². The second kappa shape index (κ2) is 5.36. The van der Waals surface area contributed by atoms with Crippen molar-refractivity contribution in [1.82, 2.24) is 4.90 Å². The van der Waals surface area contributed by atoms with Crippen LogP contribution in [0.15, 0.2) is 28.9 Å². The molecule has 0 saturated heterocycles. The molecular formula is C15H17NO4. The van der Waals surface area contributed by atoms with E-state index in [4.69, 9.17) is 9.52 Å². The van der Waals surface area contributed by atoms with Crippen LogP contribution in [0.1, 0.15) is 18.1 Å². The number of carbonyl (C=O) groups is 2. The van der Waals surface area contributed by atoms with Crippen molar-refractivity contribution in [1.29, 1.82) is 0 Å². The number of aryl methyl sites for hydroxylation is 1. The molecule has 0 aliphatic rings. The summed E-state index contributed by atoms with van der Waals surface area (Å²) < 4.78 is 5.43. The lowest BCUT2D eigenvalue weighted by Crippen LogP contribution is -2.40. The average Bonchev–Trinajstić information content (AvgIpc) is 2.79. The normalized spacial score (nSPS) is 12.3. The number of aliphatic carboxylic acids is 1. The quantitative estimate of drug-likeness (QED) is 0.928. The molecule has 1 aromatic heterocycles. The van der Waals surface area contributed by atoms with Crippen molar-refractivity contribution >= 4 is 22.8 Å². The maximum atomic E-state index is 12.1. The van der Waals surface area contributed by atoms with Crippen LogP contribution in [0, 0.1) is 6.92 Å². The van der Waals surface area contributed by atoms with E-state index in [0.29, 0.717) is 0 Å². The van der Waals surface area contributed by atoms with Crippen LogP contribution < -0.4 is 0 Å². The molecule has 20 heavy (non-hydrogen) atoms. The summed E-state index contributed by atoms with van der Waals surface area (Å²) in [5.41, 5.74) is 2.59. The summed E-state index contributed by atoms with van der Waals surface area (Å²) in [6, 6.07) is 4.93. The number of carbonyl (C=O) groups excluding carboxylic acids is 1. The molecule has 1 heterocycles. The maximum Gasteiger partial charge on any atom is 0.326 e. The molecule has 106 valence electrons. The largest absolute Gasteiger partial charge is 0.480 e. The number of likely N-dealkylation sites (N-methyl/N-ethyl adjacent to an activating group) is 1. The Labute approximate surface area is 116 Å². The van der Waals surface area contributed by atoms with Crippen LogP contribution in [0.5, 0.6) is 0 Å². The fourth-order valence-electron chi connectivity index (χ4n) is 2.00. The molecule has 0 fully saturated rings. The van der Waals surface area contributed by atoms with Crippen molar-refractivity contribution in [3.05, 3.63) is 35.6 Å². The molecule has 0 saturated carbocycles. The number of carboxylic acids is 1. The Morgan fingerprint density at radius 3 is 2.75 bits per heavy atom. The summed E-state index contributed by atoms with van der Waals surface area (Å²) in [4.78, 5) is 24.2. The fourth-order valence-corrected chi connectivity index (χ4v) is 2.00. The van der Waals surface area contributed by atoms with E-state index in [9.17, 15) is 9.59 Å². The van der Waals surface area contributed by atoms with Crippen LogP contribution in [0.3, 0.4) is 0 Å². The van der Waals surface area contributed by atoms with E-state index in [0.717, 1.165) is 22.1 Å². The number of furan rings is 1. The molecule has 1 aromatic carbocycles. The number of carboxylic acid groups (broad SMARTS) is 1. The third kappa shape index (κ3) is 2.66. The number of fused-ring (bicyclic) bond motifs is 1. The van der Waals surface area contributed by atoms with Crippen molar-refractivity contribution in [2.45, 2.75) is 26.3 Å². The van der Waals surface area contributed by atoms with Crippen molar-refractivity contribution in [3.8, 4) is 0 Å². The molecule has 1 amide bonds. The highest BCUT2D eigenvalue weighted by Gasteiger charge is 2.22. The molecule has 5 heteroatoms. The maximum absolute atomic E-state index is 12.1.